The second kappa shape index (κ2) is 10.7. The standard InChI is InChI=1S/C27H32N4O5/c1-31-22-6-5-20(15-25(32)29-13-10-17-8-11-28-12-9-17)36-24(22)16-35-23-7-4-19(14-21(23)27(31)34)30-26(33)18-2-3-18/h4,7-9,11-12,14,18,20,22,24H,2-3,5-6,10,13,15-16H2,1H3,(H,29,32)(H,30,33)/t20-,22-,24+/m0/s1. The molecular weight excluding hydrogens is 460 g/mol. The maximum Gasteiger partial charge on any atom is 0.257 e. The van der Waals surface area contributed by atoms with Gasteiger partial charge in [-0.25, -0.2) is 0 Å². The Hall–Kier alpha value is -3.46. The molecule has 1 saturated heterocycles. The van der Waals surface area contributed by atoms with Crippen LogP contribution in [-0.2, 0) is 20.7 Å². The number of carbonyl (C=O) groups is 3. The van der Waals surface area contributed by atoms with E-state index < -0.39 is 0 Å². The number of anilines is 1. The summed E-state index contributed by atoms with van der Waals surface area (Å²) in [6.45, 7) is 0.838. The first-order chi connectivity index (χ1) is 17.5. The van der Waals surface area contributed by atoms with E-state index in [1.54, 1.807) is 42.5 Å². The van der Waals surface area contributed by atoms with E-state index in [1.165, 1.54) is 0 Å². The van der Waals surface area contributed by atoms with Crippen LogP contribution in [0.1, 0.15) is 48.0 Å². The number of aromatic nitrogens is 1. The van der Waals surface area contributed by atoms with Crippen molar-refractivity contribution in [3.8, 4) is 5.75 Å². The molecule has 9 nitrogen and oxygen atoms in total. The van der Waals surface area contributed by atoms with E-state index in [4.69, 9.17) is 9.47 Å². The molecule has 9 heteroatoms. The molecule has 1 aromatic heterocycles. The lowest BCUT2D eigenvalue weighted by atomic mass is 9.94. The summed E-state index contributed by atoms with van der Waals surface area (Å²) < 4.78 is 12.3. The summed E-state index contributed by atoms with van der Waals surface area (Å²) in [6.07, 6.45) is 7.19. The van der Waals surface area contributed by atoms with Crippen LogP contribution in [0, 0.1) is 5.92 Å². The molecule has 2 aliphatic heterocycles. The van der Waals surface area contributed by atoms with Crippen LogP contribution >= 0.6 is 0 Å². The van der Waals surface area contributed by atoms with Crippen molar-refractivity contribution in [1.82, 2.24) is 15.2 Å². The molecule has 36 heavy (non-hydrogen) atoms. The monoisotopic (exact) mass is 492 g/mol. The Bertz CT molecular complexity index is 1120. The number of fused-ring (bicyclic) bond motifs is 2. The average molecular weight is 493 g/mol. The van der Waals surface area contributed by atoms with Gasteiger partial charge in [0.1, 0.15) is 18.5 Å². The largest absolute Gasteiger partial charge is 0.490 e. The van der Waals surface area contributed by atoms with Crippen LogP contribution in [0.4, 0.5) is 5.69 Å². The van der Waals surface area contributed by atoms with Crippen LogP contribution < -0.4 is 15.4 Å². The van der Waals surface area contributed by atoms with Gasteiger partial charge in [-0.1, -0.05) is 0 Å². The van der Waals surface area contributed by atoms with Crippen LogP contribution in [0.25, 0.3) is 0 Å². The fourth-order valence-corrected chi connectivity index (χ4v) is 4.87. The summed E-state index contributed by atoms with van der Waals surface area (Å²) in [5.74, 6) is 0.330. The van der Waals surface area contributed by atoms with E-state index in [2.05, 4.69) is 15.6 Å². The minimum absolute atomic E-state index is 0.00398. The van der Waals surface area contributed by atoms with E-state index in [0.717, 1.165) is 31.2 Å². The van der Waals surface area contributed by atoms with Gasteiger partial charge < -0.3 is 25.0 Å². The molecule has 190 valence electrons. The maximum absolute atomic E-state index is 13.3. The number of benzene rings is 1. The lowest BCUT2D eigenvalue weighted by molar-refractivity contribution is -0.134. The van der Waals surface area contributed by atoms with Crippen LogP contribution in [-0.4, -0.2) is 66.1 Å². The van der Waals surface area contributed by atoms with E-state index in [1.807, 2.05) is 12.1 Å². The lowest BCUT2D eigenvalue weighted by Crippen LogP contribution is -2.54. The van der Waals surface area contributed by atoms with Crippen molar-refractivity contribution < 1.29 is 23.9 Å². The predicted octanol–water partition coefficient (Wildman–Crippen LogP) is 2.56. The van der Waals surface area contributed by atoms with Crippen molar-refractivity contribution in [2.45, 2.75) is 56.8 Å². The first-order valence-electron chi connectivity index (χ1n) is 12.6. The highest BCUT2D eigenvalue weighted by Gasteiger charge is 2.39. The highest BCUT2D eigenvalue weighted by molar-refractivity contribution is 6.00. The van der Waals surface area contributed by atoms with Crippen LogP contribution in [0.15, 0.2) is 42.7 Å². The van der Waals surface area contributed by atoms with Gasteiger partial charge in [-0.2, -0.15) is 0 Å². The molecule has 3 amide bonds. The number of pyridine rings is 1. The van der Waals surface area contributed by atoms with E-state index >= 15 is 0 Å². The highest BCUT2D eigenvalue weighted by Crippen LogP contribution is 2.34. The van der Waals surface area contributed by atoms with Crippen LogP contribution in [0.5, 0.6) is 5.75 Å². The van der Waals surface area contributed by atoms with Crippen molar-refractivity contribution in [2.24, 2.45) is 5.92 Å². The Morgan fingerprint density at radius 2 is 1.92 bits per heavy atom. The summed E-state index contributed by atoms with van der Waals surface area (Å²) in [5.41, 5.74) is 2.15. The molecule has 5 rings (SSSR count). The van der Waals surface area contributed by atoms with Gasteiger partial charge in [0, 0.05) is 37.6 Å². The van der Waals surface area contributed by atoms with Gasteiger partial charge >= 0.3 is 0 Å². The van der Waals surface area contributed by atoms with Crippen molar-refractivity contribution in [2.75, 3.05) is 25.5 Å². The van der Waals surface area contributed by atoms with Crippen LogP contribution in [0.3, 0.4) is 0 Å². The number of hydrogen-bond donors (Lipinski definition) is 2. The number of likely N-dealkylation sites (N-methyl/N-ethyl adjacent to an activating group) is 1. The van der Waals surface area contributed by atoms with Gasteiger partial charge in [0.05, 0.1) is 24.1 Å². The van der Waals surface area contributed by atoms with Crippen molar-refractivity contribution in [3.63, 3.8) is 0 Å². The number of carbonyl (C=O) groups excluding carboxylic acids is 3. The SMILES string of the molecule is CN1C(=O)c2cc(NC(=O)C3CC3)ccc2OC[C@H]2O[C@H](CC(=O)NCCc3ccncc3)CC[C@@H]21. The van der Waals surface area contributed by atoms with Gasteiger partial charge in [0.25, 0.3) is 5.91 Å². The number of ether oxygens (including phenoxy) is 2. The zero-order valence-corrected chi connectivity index (χ0v) is 20.4. The van der Waals surface area contributed by atoms with Crippen molar-refractivity contribution in [3.05, 3.63) is 53.9 Å². The number of amides is 3. The zero-order valence-electron chi connectivity index (χ0n) is 20.4. The second-order valence-electron chi connectivity index (χ2n) is 9.80. The Morgan fingerprint density at radius 1 is 1.11 bits per heavy atom. The summed E-state index contributed by atoms with van der Waals surface area (Å²) >= 11 is 0. The molecule has 0 unspecified atom stereocenters. The normalized spacial score (nSPS) is 23.4. The molecule has 3 aliphatic rings. The minimum atomic E-state index is -0.329. The molecule has 3 heterocycles. The molecular formula is C27H32N4O5. The van der Waals surface area contributed by atoms with E-state index in [9.17, 15) is 14.4 Å². The third-order valence-electron chi connectivity index (χ3n) is 7.13. The van der Waals surface area contributed by atoms with Crippen LogP contribution in [0.2, 0.25) is 0 Å². The summed E-state index contributed by atoms with van der Waals surface area (Å²) in [6, 6.07) is 8.89. The number of hydrogen-bond acceptors (Lipinski definition) is 6. The number of rotatable bonds is 7. The first-order valence-corrected chi connectivity index (χ1v) is 12.6. The highest BCUT2D eigenvalue weighted by atomic mass is 16.5. The van der Waals surface area contributed by atoms with Gasteiger partial charge in [-0.3, -0.25) is 19.4 Å². The quantitative estimate of drug-likeness (QED) is 0.615. The lowest BCUT2D eigenvalue weighted by Gasteiger charge is -2.42. The van der Waals surface area contributed by atoms with Gasteiger partial charge in [0.2, 0.25) is 11.8 Å². The van der Waals surface area contributed by atoms with Gasteiger partial charge in [-0.15, -0.1) is 0 Å². The minimum Gasteiger partial charge on any atom is -0.490 e. The topological polar surface area (TPSA) is 110 Å². The third-order valence-corrected chi connectivity index (χ3v) is 7.13. The number of nitrogens with zero attached hydrogens (tertiary/aromatic N) is 2. The molecule has 0 bridgehead atoms. The molecule has 2 aromatic rings. The molecule has 3 atom stereocenters. The fourth-order valence-electron chi connectivity index (χ4n) is 4.87. The summed E-state index contributed by atoms with van der Waals surface area (Å²) in [5, 5.41) is 5.86. The van der Waals surface area contributed by atoms with E-state index in [-0.39, 0.29) is 54.9 Å². The molecule has 0 radical (unpaired) electrons. The summed E-state index contributed by atoms with van der Waals surface area (Å²) in [7, 11) is 1.78. The number of nitrogens with one attached hydrogen (secondary N) is 2. The fraction of sp³-hybridized carbons (Fsp3) is 0.481. The first kappa shape index (κ1) is 24.2. The Morgan fingerprint density at radius 3 is 2.69 bits per heavy atom. The molecule has 2 N–H and O–H groups in total. The van der Waals surface area contributed by atoms with Gasteiger partial charge in [-0.05, 0) is 68.0 Å². The molecule has 1 saturated carbocycles. The Balaban J connectivity index is 1.17. The van der Waals surface area contributed by atoms with Crippen molar-refractivity contribution in [1.29, 1.82) is 0 Å². The smallest absolute Gasteiger partial charge is 0.257 e. The second-order valence-corrected chi connectivity index (χ2v) is 9.80. The van der Waals surface area contributed by atoms with Gasteiger partial charge in [0.15, 0.2) is 0 Å². The molecule has 0 spiro atoms. The third kappa shape index (κ3) is 5.67. The Kier molecular flexibility index (Phi) is 7.18. The predicted molar refractivity (Wildman–Crippen MR) is 133 cm³/mol. The summed E-state index contributed by atoms with van der Waals surface area (Å²) in [4.78, 5) is 43.7. The van der Waals surface area contributed by atoms with E-state index in [0.29, 0.717) is 30.0 Å². The average Bonchev–Trinajstić information content (AvgIpc) is 3.73. The molecule has 1 aliphatic carbocycles. The Labute approximate surface area is 210 Å². The zero-order chi connectivity index (χ0) is 25.1. The molecule has 2 fully saturated rings. The van der Waals surface area contributed by atoms with Crippen molar-refractivity contribution >= 4 is 23.4 Å². The maximum atomic E-state index is 13.3. The molecule has 1 aromatic carbocycles.